The number of halogens is 2. The lowest BCUT2D eigenvalue weighted by Gasteiger charge is -2.32. The minimum atomic E-state index is -2.53. The molecule has 0 radical (unpaired) electrons. The van der Waals surface area contributed by atoms with Gasteiger partial charge < -0.3 is 14.2 Å². The highest BCUT2D eigenvalue weighted by Gasteiger charge is 2.25. The van der Waals surface area contributed by atoms with Gasteiger partial charge in [0.2, 0.25) is 5.91 Å². The normalized spacial score (nSPS) is 15.2. The Bertz CT molecular complexity index is 463. The fourth-order valence-corrected chi connectivity index (χ4v) is 2.15. The molecule has 8 heteroatoms. The molecule has 2 rings (SSSR count). The maximum atomic E-state index is 12.5. The number of hydrogen-bond donors (Lipinski definition) is 0. The summed E-state index contributed by atoms with van der Waals surface area (Å²) in [4.78, 5) is 17.1. The summed E-state index contributed by atoms with van der Waals surface area (Å²) >= 11 is 0. The van der Waals surface area contributed by atoms with E-state index in [4.69, 9.17) is 9.26 Å². The van der Waals surface area contributed by atoms with Crippen molar-refractivity contribution in [2.75, 3.05) is 19.7 Å². The summed E-state index contributed by atoms with van der Waals surface area (Å²) in [7, 11) is 0. The van der Waals surface area contributed by atoms with Crippen LogP contribution in [0.25, 0.3) is 0 Å². The van der Waals surface area contributed by atoms with Crippen molar-refractivity contribution in [3.8, 4) is 0 Å². The molecule has 0 unspecified atom stereocenters. The highest BCUT2D eigenvalue weighted by molar-refractivity contribution is 5.77. The Labute approximate surface area is 121 Å². The molecule has 6 nitrogen and oxygen atoms in total. The molecule has 21 heavy (non-hydrogen) atoms. The largest absolute Gasteiger partial charge is 0.362 e. The van der Waals surface area contributed by atoms with Crippen molar-refractivity contribution in [1.29, 1.82) is 0 Å². The van der Waals surface area contributed by atoms with E-state index in [9.17, 15) is 13.6 Å². The van der Waals surface area contributed by atoms with E-state index in [-0.39, 0.29) is 19.1 Å². The second-order valence-corrected chi connectivity index (χ2v) is 5.21. The first kappa shape index (κ1) is 15.8. The molecule has 0 spiro atoms. The predicted molar refractivity (Wildman–Crippen MR) is 68.6 cm³/mol. The number of carbonyl (C=O) groups excluding carboxylic acids is 1. The first-order chi connectivity index (χ1) is 10.0. The third-order valence-electron chi connectivity index (χ3n) is 3.44. The zero-order valence-corrected chi connectivity index (χ0v) is 11.9. The van der Waals surface area contributed by atoms with Crippen molar-refractivity contribution in [2.45, 2.75) is 39.2 Å². The van der Waals surface area contributed by atoms with Crippen LogP contribution < -0.4 is 0 Å². The van der Waals surface area contributed by atoms with E-state index < -0.39 is 18.9 Å². The summed E-state index contributed by atoms with van der Waals surface area (Å²) in [5.41, 5.74) is 0. The van der Waals surface area contributed by atoms with Gasteiger partial charge >= 0.3 is 0 Å². The number of rotatable bonds is 8. The van der Waals surface area contributed by atoms with Crippen LogP contribution in [-0.4, -0.2) is 47.1 Å². The van der Waals surface area contributed by atoms with Crippen molar-refractivity contribution < 1.29 is 22.8 Å². The highest BCUT2D eigenvalue weighted by atomic mass is 19.3. The Morgan fingerprint density at radius 3 is 2.81 bits per heavy atom. The molecule has 1 heterocycles. The van der Waals surface area contributed by atoms with Gasteiger partial charge in [-0.1, -0.05) is 11.6 Å². The molecule has 1 saturated carbocycles. The minimum absolute atomic E-state index is 0.00146. The van der Waals surface area contributed by atoms with Crippen LogP contribution in [0.1, 0.15) is 31.0 Å². The molecule has 1 aliphatic carbocycles. The van der Waals surface area contributed by atoms with Gasteiger partial charge in [0.25, 0.3) is 12.3 Å². The number of carbonyl (C=O) groups is 1. The Hall–Kier alpha value is -1.57. The molecule has 1 amide bonds. The number of ether oxygens (including phenoxy) is 1. The average molecular weight is 303 g/mol. The molecule has 1 aliphatic rings. The third-order valence-corrected chi connectivity index (χ3v) is 3.44. The lowest BCUT2D eigenvalue weighted by Crippen LogP contribution is -2.42. The molecule has 0 atom stereocenters. The monoisotopic (exact) mass is 303 g/mol. The number of alkyl halides is 2. The summed E-state index contributed by atoms with van der Waals surface area (Å²) in [5.74, 6) is 0.647. The van der Waals surface area contributed by atoms with E-state index in [2.05, 4.69) is 10.1 Å². The van der Waals surface area contributed by atoms with Gasteiger partial charge in [-0.3, -0.25) is 4.79 Å². The van der Waals surface area contributed by atoms with Gasteiger partial charge in [0.15, 0.2) is 5.82 Å². The zero-order chi connectivity index (χ0) is 15.2. The standard InChI is InChI=1S/C13H19F2N3O3/c1-9-16-12(21-17-9)7-20-8-13(19)18(6-11(14)15)5-10-3-2-4-10/h10-11H,2-8H2,1H3. The molecule has 1 aromatic heterocycles. The molecule has 0 N–H and O–H groups in total. The Morgan fingerprint density at radius 1 is 1.52 bits per heavy atom. The minimum Gasteiger partial charge on any atom is -0.362 e. The average Bonchev–Trinajstić information content (AvgIpc) is 2.77. The first-order valence-corrected chi connectivity index (χ1v) is 6.97. The smallest absolute Gasteiger partial charge is 0.255 e. The van der Waals surface area contributed by atoms with Crippen molar-refractivity contribution in [3.63, 3.8) is 0 Å². The van der Waals surface area contributed by atoms with Crippen molar-refractivity contribution >= 4 is 5.91 Å². The van der Waals surface area contributed by atoms with Crippen LogP contribution in [0, 0.1) is 12.8 Å². The van der Waals surface area contributed by atoms with E-state index in [0.717, 1.165) is 19.3 Å². The molecule has 1 aromatic rings. The third kappa shape index (κ3) is 5.04. The number of amides is 1. The maximum Gasteiger partial charge on any atom is 0.255 e. The first-order valence-electron chi connectivity index (χ1n) is 6.97. The van der Waals surface area contributed by atoms with Crippen LogP contribution in [0.5, 0.6) is 0 Å². The lowest BCUT2D eigenvalue weighted by atomic mass is 9.85. The molecule has 0 aliphatic heterocycles. The number of nitrogens with zero attached hydrogens (tertiary/aromatic N) is 3. The van der Waals surface area contributed by atoms with Crippen LogP contribution in [0.15, 0.2) is 4.52 Å². The Balaban J connectivity index is 1.76. The predicted octanol–water partition coefficient (Wildman–Crippen LogP) is 1.79. The van der Waals surface area contributed by atoms with Crippen LogP contribution in [-0.2, 0) is 16.1 Å². The second-order valence-electron chi connectivity index (χ2n) is 5.21. The summed E-state index contributed by atoms with van der Waals surface area (Å²) in [5, 5.41) is 3.59. The van der Waals surface area contributed by atoms with Gasteiger partial charge in [0, 0.05) is 6.54 Å². The van der Waals surface area contributed by atoms with Gasteiger partial charge in [0.1, 0.15) is 13.2 Å². The maximum absolute atomic E-state index is 12.5. The molecular formula is C13H19F2N3O3. The van der Waals surface area contributed by atoms with E-state index in [1.165, 1.54) is 4.90 Å². The number of aryl methyl sites for hydroxylation is 1. The van der Waals surface area contributed by atoms with Gasteiger partial charge in [-0.25, -0.2) is 8.78 Å². The quantitative estimate of drug-likeness (QED) is 0.732. The summed E-state index contributed by atoms with van der Waals surface area (Å²) in [6, 6.07) is 0. The van der Waals surface area contributed by atoms with Crippen LogP contribution in [0.3, 0.4) is 0 Å². The van der Waals surface area contributed by atoms with E-state index in [1.807, 2.05) is 0 Å². The van der Waals surface area contributed by atoms with E-state index >= 15 is 0 Å². The lowest BCUT2D eigenvalue weighted by molar-refractivity contribution is -0.140. The SMILES string of the molecule is Cc1noc(COCC(=O)N(CC(F)F)CC2CCC2)n1. The molecule has 118 valence electrons. The van der Waals surface area contributed by atoms with Crippen LogP contribution in [0.2, 0.25) is 0 Å². The zero-order valence-electron chi connectivity index (χ0n) is 11.9. The topological polar surface area (TPSA) is 68.5 Å². The van der Waals surface area contributed by atoms with Crippen molar-refractivity contribution in [2.24, 2.45) is 5.92 Å². The Kier molecular flexibility index (Phi) is 5.60. The molecular weight excluding hydrogens is 284 g/mol. The fourth-order valence-electron chi connectivity index (χ4n) is 2.15. The second kappa shape index (κ2) is 7.44. The van der Waals surface area contributed by atoms with Crippen LogP contribution in [0.4, 0.5) is 8.78 Å². The number of aromatic nitrogens is 2. The van der Waals surface area contributed by atoms with Gasteiger partial charge in [-0.05, 0) is 25.7 Å². The van der Waals surface area contributed by atoms with Crippen molar-refractivity contribution in [3.05, 3.63) is 11.7 Å². The number of hydrogen-bond acceptors (Lipinski definition) is 5. The summed E-state index contributed by atoms with van der Waals surface area (Å²) < 4.78 is 35.1. The highest BCUT2D eigenvalue weighted by Crippen LogP contribution is 2.27. The van der Waals surface area contributed by atoms with Gasteiger partial charge in [-0.15, -0.1) is 0 Å². The molecule has 1 fully saturated rings. The van der Waals surface area contributed by atoms with Gasteiger partial charge in [-0.2, -0.15) is 4.98 Å². The summed E-state index contributed by atoms with van der Waals surface area (Å²) in [6.07, 6.45) is 0.561. The van der Waals surface area contributed by atoms with Crippen LogP contribution >= 0.6 is 0 Å². The molecule has 0 aromatic carbocycles. The van der Waals surface area contributed by atoms with Gasteiger partial charge in [0.05, 0.1) is 6.54 Å². The van der Waals surface area contributed by atoms with Crippen molar-refractivity contribution in [1.82, 2.24) is 15.0 Å². The van der Waals surface area contributed by atoms with E-state index in [0.29, 0.717) is 18.3 Å². The Morgan fingerprint density at radius 2 is 2.29 bits per heavy atom. The molecule has 0 bridgehead atoms. The summed E-state index contributed by atoms with van der Waals surface area (Å²) in [6.45, 7) is 1.24. The molecule has 0 saturated heterocycles. The van der Waals surface area contributed by atoms with E-state index in [1.54, 1.807) is 6.92 Å². The fraction of sp³-hybridized carbons (Fsp3) is 0.769.